The number of ether oxygens (including phenoxy) is 3. The standard InChI is InChI=1S/C58H67N9O9/c59-46(28-31-49(62)56(71)74-34-37-10-4-1-5-11-37)53(68)65-43-22-16-40(17-23-43)52(41-18-24-44(25-19-41)66-54(69)47(60)29-32-50(63)57(72)75-35-38-12-6-2-7-13-38)42-20-26-45(27-21-42)67-55(70)48(61)30-33-51(64)58(73)76-36-39-14-8-3-9-15-39/h1-27,46-52H,28-36,59-64H2,(H,65,68)(H,66,69)(H,67,70)/t46-,47-,48-,49?,50?,51?,52?/m0/s1. The summed E-state index contributed by atoms with van der Waals surface area (Å²) < 4.78 is 16.0. The molecule has 0 aliphatic carbocycles. The lowest BCUT2D eigenvalue weighted by Crippen LogP contribution is -2.39. The van der Waals surface area contributed by atoms with Crippen molar-refractivity contribution < 1.29 is 43.0 Å². The SMILES string of the molecule is NC(CC[C@H](N)C(=O)Nc1ccc(C(c2ccc(NC(=O)[C@@H](N)CCC(N)C(=O)OCc3ccccc3)cc2)c2ccc(NC(=O)[C@@H](N)CCC(N)C(=O)OCc3ccccc3)cc2)cc1)C(=O)OCc1ccccc1. The van der Waals surface area contributed by atoms with E-state index in [1.165, 1.54) is 0 Å². The lowest BCUT2D eigenvalue weighted by molar-refractivity contribution is -0.147. The summed E-state index contributed by atoms with van der Waals surface area (Å²) in [5.41, 5.74) is 43.3. The number of benzene rings is 6. The molecule has 0 saturated heterocycles. The molecule has 18 nitrogen and oxygen atoms in total. The highest BCUT2D eigenvalue weighted by atomic mass is 16.5. The van der Waals surface area contributed by atoms with Crippen molar-refractivity contribution in [1.82, 2.24) is 0 Å². The third-order valence-corrected chi connectivity index (χ3v) is 12.5. The van der Waals surface area contributed by atoms with Crippen LogP contribution >= 0.6 is 0 Å². The van der Waals surface area contributed by atoms with Crippen molar-refractivity contribution in [3.8, 4) is 0 Å². The quantitative estimate of drug-likeness (QED) is 0.0182. The van der Waals surface area contributed by atoms with Gasteiger partial charge in [-0.2, -0.15) is 0 Å². The number of carbonyl (C=O) groups excluding carboxylic acids is 6. The first-order valence-electron chi connectivity index (χ1n) is 25.0. The zero-order valence-corrected chi connectivity index (χ0v) is 42.1. The molecule has 76 heavy (non-hydrogen) atoms. The summed E-state index contributed by atoms with van der Waals surface area (Å²) in [7, 11) is 0. The molecule has 6 atom stereocenters. The molecule has 0 aliphatic rings. The molecule has 0 aromatic heterocycles. The predicted octanol–water partition coefficient (Wildman–Crippen LogP) is 5.22. The van der Waals surface area contributed by atoms with Gasteiger partial charge in [-0.15, -0.1) is 0 Å². The van der Waals surface area contributed by atoms with Gasteiger partial charge in [0.1, 0.15) is 37.9 Å². The summed E-state index contributed by atoms with van der Waals surface area (Å²) in [6.07, 6.45) is 0.825. The minimum Gasteiger partial charge on any atom is -0.460 e. The van der Waals surface area contributed by atoms with Crippen LogP contribution in [0.15, 0.2) is 164 Å². The van der Waals surface area contributed by atoms with E-state index in [2.05, 4.69) is 16.0 Å². The van der Waals surface area contributed by atoms with Gasteiger partial charge in [-0.1, -0.05) is 127 Å². The maximum atomic E-state index is 13.2. The molecule has 0 fully saturated rings. The Labute approximate surface area is 442 Å². The Balaban J connectivity index is 1.07. The van der Waals surface area contributed by atoms with Crippen LogP contribution in [-0.2, 0) is 62.8 Å². The van der Waals surface area contributed by atoms with Gasteiger partial charge >= 0.3 is 17.9 Å². The molecule has 0 aliphatic heterocycles. The van der Waals surface area contributed by atoms with E-state index >= 15 is 0 Å². The maximum Gasteiger partial charge on any atom is 0.323 e. The molecule has 18 heteroatoms. The average molecular weight is 1030 g/mol. The summed E-state index contributed by atoms with van der Waals surface area (Å²) in [4.78, 5) is 77.0. The molecule has 398 valence electrons. The van der Waals surface area contributed by atoms with Gasteiger partial charge in [0.05, 0.1) is 18.1 Å². The zero-order chi connectivity index (χ0) is 54.4. The average Bonchev–Trinajstić information content (AvgIpc) is 3.45. The molecule has 0 spiro atoms. The number of rotatable bonds is 27. The minimum atomic E-state index is -0.958. The number of amides is 3. The van der Waals surface area contributed by atoms with Gasteiger partial charge in [0, 0.05) is 23.0 Å². The van der Waals surface area contributed by atoms with E-state index in [9.17, 15) is 28.8 Å². The predicted molar refractivity (Wildman–Crippen MR) is 290 cm³/mol. The monoisotopic (exact) mass is 1030 g/mol. The number of hydrogen-bond donors (Lipinski definition) is 9. The van der Waals surface area contributed by atoms with Crippen molar-refractivity contribution in [2.75, 3.05) is 16.0 Å². The maximum absolute atomic E-state index is 13.2. The lowest BCUT2D eigenvalue weighted by Gasteiger charge is -2.21. The number of carbonyl (C=O) groups is 6. The first kappa shape index (κ1) is 57.2. The minimum absolute atomic E-state index is 0.0830. The Kier molecular flexibility index (Phi) is 21.9. The van der Waals surface area contributed by atoms with E-state index in [1.807, 2.05) is 127 Å². The van der Waals surface area contributed by atoms with E-state index < -0.39 is 71.9 Å². The molecule has 3 unspecified atom stereocenters. The molecule has 0 saturated carbocycles. The van der Waals surface area contributed by atoms with E-state index in [0.717, 1.165) is 33.4 Å². The van der Waals surface area contributed by atoms with E-state index in [4.69, 9.17) is 48.6 Å². The van der Waals surface area contributed by atoms with Crippen molar-refractivity contribution >= 4 is 52.7 Å². The Morgan fingerprint density at radius 1 is 0.316 bits per heavy atom. The summed E-state index contributed by atoms with van der Waals surface area (Å²) in [6, 6.07) is 43.5. The van der Waals surface area contributed by atoms with Crippen LogP contribution in [0.4, 0.5) is 17.1 Å². The summed E-state index contributed by atoms with van der Waals surface area (Å²) in [5.74, 6) is -3.53. The molecule has 0 heterocycles. The van der Waals surface area contributed by atoms with Crippen LogP contribution in [0, 0.1) is 0 Å². The van der Waals surface area contributed by atoms with Crippen LogP contribution < -0.4 is 50.4 Å². The Hall–Kier alpha value is -8.10. The zero-order valence-electron chi connectivity index (χ0n) is 42.1. The first-order valence-corrected chi connectivity index (χ1v) is 25.0. The Morgan fingerprint density at radius 3 is 0.776 bits per heavy atom. The number of esters is 3. The second kappa shape index (κ2) is 29.1. The summed E-state index contributed by atoms with van der Waals surface area (Å²) in [5, 5.41) is 8.52. The largest absolute Gasteiger partial charge is 0.460 e. The van der Waals surface area contributed by atoms with Crippen molar-refractivity contribution in [2.45, 2.75) is 101 Å². The second-order valence-electron chi connectivity index (χ2n) is 18.4. The number of anilines is 3. The molecule has 0 radical (unpaired) electrons. The second-order valence-corrected chi connectivity index (χ2v) is 18.4. The Morgan fingerprint density at radius 2 is 0.539 bits per heavy atom. The van der Waals surface area contributed by atoms with Crippen LogP contribution in [0.2, 0.25) is 0 Å². The number of nitrogens with two attached hydrogens (primary N) is 6. The van der Waals surface area contributed by atoms with Crippen LogP contribution in [0.3, 0.4) is 0 Å². The van der Waals surface area contributed by atoms with E-state index in [0.29, 0.717) is 17.1 Å². The van der Waals surface area contributed by atoms with Crippen LogP contribution in [0.5, 0.6) is 0 Å². The van der Waals surface area contributed by atoms with Crippen LogP contribution in [-0.4, -0.2) is 71.9 Å². The molecular weight excluding hydrogens is 967 g/mol. The van der Waals surface area contributed by atoms with Crippen molar-refractivity contribution in [1.29, 1.82) is 0 Å². The normalized spacial score (nSPS) is 13.8. The molecule has 15 N–H and O–H groups in total. The fourth-order valence-electron chi connectivity index (χ4n) is 7.89. The third kappa shape index (κ3) is 18.1. The lowest BCUT2D eigenvalue weighted by atomic mass is 9.85. The van der Waals surface area contributed by atoms with E-state index in [-0.39, 0.29) is 64.3 Å². The van der Waals surface area contributed by atoms with Crippen LogP contribution in [0.1, 0.15) is 77.8 Å². The van der Waals surface area contributed by atoms with Gasteiger partial charge < -0.3 is 64.6 Å². The molecule has 3 amide bonds. The smallest absolute Gasteiger partial charge is 0.323 e. The van der Waals surface area contributed by atoms with Gasteiger partial charge in [-0.05, 0) is 108 Å². The summed E-state index contributed by atoms with van der Waals surface area (Å²) in [6.45, 7) is 0.249. The molecule has 6 aromatic rings. The van der Waals surface area contributed by atoms with E-state index in [1.54, 1.807) is 36.4 Å². The van der Waals surface area contributed by atoms with Gasteiger partial charge in [-0.3, -0.25) is 28.8 Å². The van der Waals surface area contributed by atoms with Crippen LogP contribution in [0.25, 0.3) is 0 Å². The third-order valence-electron chi connectivity index (χ3n) is 12.5. The fraction of sp³-hybridized carbons (Fsp3) is 0.276. The molecule has 6 aromatic carbocycles. The van der Waals surface area contributed by atoms with Crippen molar-refractivity contribution in [3.05, 3.63) is 197 Å². The first-order chi connectivity index (χ1) is 36.6. The van der Waals surface area contributed by atoms with Gasteiger partial charge in [-0.25, -0.2) is 0 Å². The Bertz CT molecular complexity index is 2500. The fourth-order valence-corrected chi connectivity index (χ4v) is 7.89. The highest BCUT2D eigenvalue weighted by Gasteiger charge is 2.24. The molecular formula is C58H67N9O9. The highest BCUT2D eigenvalue weighted by molar-refractivity contribution is 5.96. The number of hydrogen-bond acceptors (Lipinski definition) is 15. The van der Waals surface area contributed by atoms with Gasteiger partial charge in [0.15, 0.2) is 0 Å². The highest BCUT2D eigenvalue weighted by Crippen LogP contribution is 2.34. The van der Waals surface area contributed by atoms with Gasteiger partial charge in [0.25, 0.3) is 0 Å². The van der Waals surface area contributed by atoms with Crippen molar-refractivity contribution in [3.63, 3.8) is 0 Å². The molecule has 0 bridgehead atoms. The summed E-state index contributed by atoms with van der Waals surface area (Å²) >= 11 is 0. The van der Waals surface area contributed by atoms with Gasteiger partial charge in [0.2, 0.25) is 17.7 Å². The van der Waals surface area contributed by atoms with Crippen molar-refractivity contribution in [2.24, 2.45) is 34.4 Å². The number of nitrogens with one attached hydrogen (secondary N) is 3. The molecule has 6 rings (SSSR count). The topological polar surface area (TPSA) is 322 Å².